The van der Waals surface area contributed by atoms with E-state index in [1.54, 1.807) is 31.2 Å². The molecule has 0 aliphatic carbocycles. The van der Waals surface area contributed by atoms with E-state index in [2.05, 4.69) is 5.32 Å². The third-order valence-corrected chi connectivity index (χ3v) is 7.58. The van der Waals surface area contributed by atoms with Gasteiger partial charge in [-0.1, -0.05) is 41.4 Å². The maximum absolute atomic E-state index is 13.6. The molecule has 0 saturated heterocycles. The van der Waals surface area contributed by atoms with Crippen LogP contribution in [0.1, 0.15) is 34.0 Å². The van der Waals surface area contributed by atoms with Crippen LogP contribution in [-0.2, 0) is 19.6 Å². The summed E-state index contributed by atoms with van der Waals surface area (Å²) in [6.07, 6.45) is 0. The predicted molar refractivity (Wildman–Crippen MR) is 138 cm³/mol. The highest BCUT2D eigenvalue weighted by atomic mass is 35.5. The number of hydrogen-bond donors (Lipinski definition) is 1. The first-order valence-electron chi connectivity index (χ1n) is 11.0. The number of carbonyl (C=O) groups excluding carboxylic acids is 2. The Morgan fingerprint density at radius 1 is 1.00 bits per heavy atom. The van der Waals surface area contributed by atoms with Crippen molar-refractivity contribution < 1.29 is 22.7 Å². The second kappa shape index (κ2) is 10.9. The van der Waals surface area contributed by atoms with E-state index in [9.17, 15) is 18.0 Å². The number of nitrogens with zero attached hydrogens (tertiary/aromatic N) is 1. The number of anilines is 2. The predicted octanol–water partition coefficient (Wildman–Crippen LogP) is 5.28. The van der Waals surface area contributed by atoms with Gasteiger partial charge in [0.15, 0.2) is 0 Å². The number of aryl methyl sites for hydroxylation is 2. The third-order valence-electron chi connectivity index (χ3n) is 5.50. The summed E-state index contributed by atoms with van der Waals surface area (Å²) in [5, 5.41) is 2.77. The zero-order chi connectivity index (χ0) is 25.8. The number of sulfonamides is 1. The largest absolute Gasteiger partial charge is 0.462 e. The van der Waals surface area contributed by atoms with Gasteiger partial charge < -0.3 is 10.1 Å². The summed E-state index contributed by atoms with van der Waals surface area (Å²) < 4.78 is 33.3. The van der Waals surface area contributed by atoms with Crippen molar-refractivity contribution >= 4 is 44.9 Å². The molecule has 0 unspecified atom stereocenters. The van der Waals surface area contributed by atoms with Gasteiger partial charge in [0.1, 0.15) is 6.54 Å². The molecule has 0 spiro atoms. The lowest BCUT2D eigenvalue weighted by molar-refractivity contribution is -0.114. The molecule has 0 aliphatic rings. The van der Waals surface area contributed by atoms with Gasteiger partial charge in [-0.2, -0.15) is 0 Å². The van der Waals surface area contributed by atoms with Crippen molar-refractivity contribution in [2.75, 3.05) is 22.8 Å². The van der Waals surface area contributed by atoms with Gasteiger partial charge >= 0.3 is 5.97 Å². The molecule has 1 N–H and O–H groups in total. The van der Waals surface area contributed by atoms with Crippen LogP contribution in [0.25, 0.3) is 0 Å². The van der Waals surface area contributed by atoms with Crippen LogP contribution in [0.15, 0.2) is 65.6 Å². The SMILES string of the molecule is CCOC(=O)c1ccc(NC(=O)CN(c2cccc(C)c2C)S(=O)(=O)c2ccc(C)cc2)c(Cl)c1. The summed E-state index contributed by atoms with van der Waals surface area (Å²) in [6, 6.07) is 16.1. The average molecular weight is 515 g/mol. The first-order chi connectivity index (χ1) is 16.5. The lowest BCUT2D eigenvalue weighted by Crippen LogP contribution is -2.38. The van der Waals surface area contributed by atoms with Gasteiger partial charge in [-0.25, -0.2) is 13.2 Å². The zero-order valence-corrected chi connectivity index (χ0v) is 21.5. The molecule has 0 aliphatic heterocycles. The molecule has 7 nitrogen and oxygen atoms in total. The Balaban J connectivity index is 1.94. The number of ether oxygens (including phenoxy) is 1. The maximum atomic E-state index is 13.6. The fourth-order valence-corrected chi connectivity index (χ4v) is 5.13. The van der Waals surface area contributed by atoms with Crippen LogP contribution in [0.3, 0.4) is 0 Å². The number of rotatable bonds is 8. The highest BCUT2D eigenvalue weighted by molar-refractivity contribution is 7.92. The number of carbonyl (C=O) groups is 2. The van der Waals surface area contributed by atoms with Gasteiger partial charge in [0.05, 0.1) is 33.5 Å². The van der Waals surface area contributed by atoms with Gasteiger partial charge in [0, 0.05) is 0 Å². The second-order valence-electron chi connectivity index (χ2n) is 8.01. The van der Waals surface area contributed by atoms with Crippen molar-refractivity contribution in [3.05, 3.63) is 87.9 Å². The monoisotopic (exact) mass is 514 g/mol. The van der Waals surface area contributed by atoms with Crippen LogP contribution < -0.4 is 9.62 Å². The normalized spacial score (nSPS) is 11.1. The first kappa shape index (κ1) is 26.2. The van der Waals surface area contributed by atoms with E-state index in [-0.39, 0.29) is 27.8 Å². The fourth-order valence-electron chi connectivity index (χ4n) is 3.42. The number of benzene rings is 3. The summed E-state index contributed by atoms with van der Waals surface area (Å²) in [4.78, 5) is 25.0. The maximum Gasteiger partial charge on any atom is 0.338 e. The number of esters is 1. The summed E-state index contributed by atoms with van der Waals surface area (Å²) in [5.74, 6) is -1.12. The Labute approximate surface area is 210 Å². The molecule has 1 amide bonds. The van der Waals surface area contributed by atoms with Crippen molar-refractivity contribution in [2.45, 2.75) is 32.6 Å². The summed E-state index contributed by atoms with van der Waals surface area (Å²) in [5.41, 5.74) is 3.45. The minimum absolute atomic E-state index is 0.0774. The van der Waals surface area contributed by atoms with Crippen LogP contribution in [0.4, 0.5) is 11.4 Å². The molecule has 0 radical (unpaired) electrons. The molecule has 0 bridgehead atoms. The summed E-state index contributed by atoms with van der Waals surface area (Å²) >= 11 is 6.26. The molecule has 0 atom stereocenters. The van der Waals surface area contributed by atoms with E-state index < -0.39 is 28.4 Å². The highest BCUT2D eigenvalue weighted by Crippen LogP contribution is 2.29. The Morgan fingerprint density at radius 3 is 2.31 bits per heavy atom. The van der Waals surface area contributed by atoms with Crippen molar-refractivity contribution in [3.8, 4) is 0 Å². The van der Waals surface area contributed by atoms with Crippen LogP contribution in [0, 0.1) is 20.8 Å². The quantitative estimate of drug-likeness (QED) is 0.413. The topological polar surface area (TPSA) is 92.8 Å². The minimum Gasteiger partial charge on any atom is -0.462 e. The molecular weight excluding hydrogens is 488 g/mol. The van der Waals surface area contributed by atoms with E-state index in [4.69, 9.17) is 16.3 Å². The average Bonchev–Trinajstić information content (AvgIpc) is 2.81. The van der Waals surface area contributed by atoms with Crippen molar-refractivity contribution in [1.29, 1.82) is 0 Å². The summed E-state index contributed by atoms with van der Waals surface area (Å²) in [7, 11) is -4.05. The molecule has 0 saturated carbocycles. The van der Waals surface area contributed by atoms with Gasteiger partial charge in [0.2, 0.25) is 5.91 Å². The molecule has 0 heterocycles. The van der Waals surface area contributed by atoms with E-state index in [0.29, 0.717) is 5.69 Å². The number of nitrogens with one attached hydrogen (secondary N) is 1. The summed E-state index contributed by atoms with van der Waals surface area (Å²) in [6.45, 7) is 6.99. The van der Waals surface area contributed by atoms with Gasteiger partial charge in [0.25, 0.3) is 10.0 Å². The molecule has 3 rings (SSSR count). The van der Waals surface area contributed by atoms with E-state index in [1.165, 1.54) is 30.3 Å². The van der Waals surface area contributed by atoms with Crippen molar-refractivity contribution in [3.63, 3.8) is 0 Å². The van der Waals surface area contributed by atoms with Gasteiger partial charge in [-0.05, 0) is 75.2 Å². The lowest BCUT2D eigenvalue weighted by Gasteiger charge is -2.26. The fraction of sp³-hybridized carbons (Fsp3) is 0.231. The molecule has 0 fully saturated rings. The Hall–Kier alpha value is -3.36. The van der Waals surface area contributed by atoms with Gasteiger partial charge in [-0.15, -0.1) is 0 Å². The van der Waals surface area contributed by atoms with Gasteiger partial charge in [-0.3, -0.25) is 9.10 Å². The minimum atomic E-state index is -4.05. The van der Waals surface area contributed by atoms with Crippen LogP contribution in [0.5, 0.6) is 0 Å². The van der Waals surface area contributed by atoms with Crippen LogP contribution in [0.2, 0.25) is 5.02 Å². The zero-order valence-electron chi connectivity index (χ0n) is 20.0. The molecule has 9 heteroatoms. The van der Waals surface area contributed by atoms with E-state index in [1.807, 2.05) is 26.8 Å². The third kappa shape index (κ3) is 6.01. The molecule has 0 aromatic heterocycles. The lowest BCUT2D eigenvalue weighted by atomic mass is 10.1. The standard InChI is InChI=1S/C26H27ClN2O5S/c1-5-34-26(31)20-11-14-23(22(27)15-20)28-25(30)16-29(24-8-6-7-18(3)19(24)4)35(32,33)21-12-9-17(2)10-13-21/h6-15H,5,16H2,1-4H3,(H,28,30). The number of halogens is 1. The van der Waals surface area contributed by atoms with E-state index >= 15 is 0 Å². The van der Waals surface area contributed by atoms with Crippen molar-refractivity contribution in [2.24, 2.45) is 0 Å². The molecular formula is C26H27ClN2O5S. The Bertz CT molecular complexity index is 1350. The smallest absolute Gasteiger partial charge is 0.338 e. The highest BCUT2D eigenvalue weighted by Gasteiger charge is 2.29. The molecule has 3 aromatic rings. The number of amides is 1. The van der Waals surface area contributed by atoms with Crippen molar-refractivity contribution in [1.82, 2.24) is 0 Å². The van der Waals surface area contributed by atoms with E-state index in [0.717, 1.165) is 21.0 Å². The van der Waals surface area contributed by atoms with Crippen LogP contribution in [-0.4, -0.2) is 33.4 Å². The molecule has 35 heavy (non-hydrogen) atoms. The number of hydrogen-bond acceptors (Lipinski definition) is 5. The second-order valence-corrected chi connectivity index (χ2v) is 10.3. The first-order valence-corrected chi connectivity index (χ1v) is 12.8. The molecule has 3 aromatic carbocycles. The molecule has 184 valence electrons. The Kier molecular flexibility index (Phi) is 8.19. The van der Waals surface area contributed by atoms with Crippen LogP contribution >= 0.6 is 11.6 Å². The Morgan fingerprint density at radius 2 is 1.69 bits per heavy atom.